The minimum Gasteiger partial charge on any atom is -0.459 e. The molecule has 3 heterocycles. The number of nitrogens with one attached hydrogen (secondary N) is 1. The quantitative estimate of drug-likeness (QED) is 0.766. The maximum atomic E-state index is 13.5. The molecule has 32 heavy (non-hydrogen) atoms. The van der Waals surface area contributed by atoms with Gasteiger partial charge in [-0.05, 0) is 42.8 Å². The van der Waals surface area contributed by atoms with Crippen LogP contribution >= 0.6 is 0 Å². The van der Waals surface area contributed by atoms with E-state index >= 15 is 0 Å². The second-order valence-corrected chi connectivity index (χ2v) is 8.02. The zero-order valence-corrected chi connectivity index (χ0v) is 17.9. The highest BCUT2D eigenvalue weighted by molar-refractivity contribution is 5.98. The van der Waals surface area contributed by atoms with Crippen molar-refractivity contribution in [3.05, 3.63) is 59.8 Å². The highest BCUT2D eigenvalue weighted by atomic mass is 19.1. The van der Waals surface area contributed by atoms with Crippen molar-refractivity contribution in [1.82, 2.24) is 15.1 Å². The first-order valence-corrected chi connectivity index (χ1v) is 10.8. The second-order valence-electron chi connectivity index (χ2n) is 8.02. The van der Waals surface area contributed by atoms with E-state index in [2.05, 4.69) is 5.32 Å². The number of carbonyl (C=O) groups excluding carboxylic acids is 3. The zero-order chi connectivity index (χ0) is 22.7. The third-order valence-corrected chi connectivity index (χ3v) is 5.99. The monoisotopic (exact) mass is 443 g/mol. The Balaban J connectivity index is 1.57. The number of halogens is 1. The Kier molecular flexibility index (Phi) is 6.27. The Hall–Kier alpha value is -3.20. The first-order chi connectivity index (χ1) is 15.4. The molecule has 4 rings (SSSR count). The van der Waals surface area contributed by atoms with Gasteiger partial charge in [0.1, 0.15) is 17.6 Å². The van der Waals surface area contributed by atoms with Crippen LogP contribution < -0.4 is 5.32 Å². The van der Waals surface area contributed by atoms with E-state index in [1.165, 1.54) is 35.4 Å². The third kappa shape index (κ3) is 4.12. The number of benzene rings is 1. The molecule has 2 saturated heterocycles. The van der Waals surface area contributed by atoms with Crippen molar-refractivity contribution < 1.29 is 27.9 Å². The first kappa shape index (κ1) is 22.0. The van der Waals surface area contributed by atoms with E-state index in [0.717, 1.165) is 6.42 Å². The van der Waals surface area contributed by atoms with Gasteiger partial charge < -0.3 is 19.4 Å². The fourth-order valence-corrected chi connectivity index (χ4v) is 4.28. The van der Waals surface area contributed by atoms with Crippen LogP contribution in [0.4, 0.5) is 4.39 Å². The molecule has 1 aromatic heterocycles. The van der Waals surface area contributed by atoms with Crippen molar-refractivity contribution in [2.24, 2.45) is 0 Å². The smallest absolute Gasteiger partial charge is 0.289 e. The molecule has 2 aromatic rings. The van der Waals surface area contributed by atoms with E-state index in [1.54, 1.807) is 17.0 Å². The number of likely N-dealkylation sites (tertiary alicyclic amines) is 1. The number of piperidine rings is 1. The van der Waals surface area contributed by atoms with Gasteiger partial charge in [-0.15, -0.1) is 0 Å². The number of furan rings is 1. The molecule has 170 valence electrons. The molecule has 9 heteroatoms. The number of amides is 3. The molecule has 1 aromatic carbocycles. The molecule has 1 spiro atoms. The number of ether oxygens (including phenoxy) is 1. The molecule has 2 aliphatic rings. The van der Waals surface area contributed by atoms with Crippen molar-refractivity contribution in [3.63, 3.8) is 0 Å². The summed E-state index contributed by atoms with van der Waals surface area (Å²) in [7, 11) is 0. The van der Waals surface area contributed by atoms with Gasteiger partial charge in [-0.25, -0.2) is 4.39 Å². The number of nitrogens with zero attached hydrogens (tertiary/aromatic N) is 2. The van der Waals surface area contributed by atoms with Crippen LogP contribution in [-0.2, 0) is 9.53 Å². The summed E-state index contributed by atoms with van der Waals surface area (Å²) in [5, 5.41) is 2.84. The molecule has 8 nitrogen and oxygen atoms in total. The Morgan fingerprint density at radius 3 is 2.47 bits per heavy atom. The average Bonchev–Trinajstić information content (AvgIpc) is 3.46. The van der Waals surface area contributed by atoms with E-state index in [1.807, 2.05) is 6.92 Å². The Bertz CT molecular complexity index is 968. The normalized spacial score (nSPS) is 19.9. The molecular formula is C23H26FN3O5. The van der Waals surface area contributed by atoms with Gasteiger partial charge in [0.2, 0.25) is 5.91 Å². The van der Waals surface area contributed by atoms with Gasteiger partial charge in [0, 0.05) is 38.0 Å². The van der Waals surface area contributed by atoms with Gasteiger partial charge in [0.15, 0.2) is 5.76 Å². The van der Waals surface area contributed by atoms with Gasteiger partial charge in [0.05, 0.1) is 12.9 Å². The molecule has 2 fully saturated rings. The zero-order valence-electron chi connectivity index (χ0n) is 17.9. The van der Waals surface area contributed by atoms with Crippen LogP contribution in [0.5, 0.6) is 0 Å². The molecule has 0 bridgehead atoms. The van der Waals surface area contributed by atoms with Gasteiger partial charge in [-0.2, -0.15) is 0 Å². The van der Waals surface area contributed by atoms with Gasteiger partial charge in [-0.3, -0.25) is 19.3 Å². The van der Waals surface area contributed by atoms with E-state index < -0.39 is 23.5 Å². The largest absolute Gasteiger partial charge is 0.459 e. The Labute approximate surface area is 185 Å². The summed E-state index contributed by atoms with van der Waals surface area (Å²) >= 11 is 0. The highest BCUT2D eigenvalue weighted by Crippen LogP contribution is 2.38. The van der Waals surface area contributed by atoms with Crippen molar-refractivity contribution in [3.8, 4) is 0 Å². The summed E-state index contributed by atoms with van der Waals surface area (Å²) in [5.74, 6) is -1.10. The van der Waals surface area contributed by atoms with Crippen molar-refractivity contribution in [2.45, 2.75) is 38.0 Å². The van der Waals surface area contributed by atoms with Crippen LogP contribution in [0.3, 0.4) is 0 Å². The van der Waals surface area contributed by atoms with Crippen LogP contribution in [0, 0.1) is 5.82 Å². The third-order valence-electron chi connectivity index (χ3n) is 5.99. The highest BCUT2D eigenvalue weighted by Gasteiger charge is 2.54. The number of hydrogen-bond acceptors (Lipinski definition) is 5. The predicted molar refractivity (Wildman–Crippen MR) is 112 cm³/mol. The molecule has 0 aliphatic carbocycles. The summed E-state index contributed by atoms with van der Waals surface area (Å²) in [6, 6.07) is 7.70. The standard InChI is InChI=1S/C23H26FN3O5/c1-2-11-25-20(28)18-15-32-23(27(18)21(29)16-5-7-17(24)8-6-16)9-12-26(13-10-23)22(30)19-4-3-14-31-19/h3-8,14,18H,2,9-13,15H2,1H3,(H,25,28). The fourth-order valence-electron chi connectivity index (χ4n) is 4.28. The first-order valence-electron chi connectivity index (χ1n) is 10.8. The minimum atomic E-state index is -1.01. The number of hydrogen-bond donors (Lipinski definition) is 1. The van der Waals surface area contributed by atoms with E-state index in [0.29, 0.717) is 32.5 Å². The van der Waals surface area contributed by atoms with Crippen molar-refractivity contribution in [2.75, 3.05) is 26.2 Å². The summed E-state index contributed by atoms with van der Waals surface area (Å²) in [5.41, 5.74) is -0.738. The molecular weight excluding hydrogens is 417 g/mol. The molecule has 0 saturated carbocycles. The van der Waals surface area contributed by atoms with E-state index in [9.17, 15) is 18.8 Å². The van der Waals surface area contributed by atoms with E-state index in [4.69, 9.17) is 9.15 Å². The summed E-state index contributed by atoms with van der Waals surface area (Å²) in [6.07, 6.45) is 2.91. The van der Waals surface area contributed by atoms with Crippen LogP contribution in [-0.4, -0.2) is 65.5 Å². The minimum absolute atomic E-state index is 0.0641. The SMILES string of the molecule is CCCNC(=O)C1COC2(CCN(C(=O)c3ccco3)CC2)N1C(=O)c1ccc(F)cc1. The number of carbonyl (C=O) groups is 3. The molecule has 2 aliphatic heterocycles. The van der Waals surface area contributed by atoms with Gasteiger partial charge in [-0.1, -0.05) is 6.92 Å². The lowest BCUT2D eigenvalue weighted by atomic mass is 9.96. The summed E-state index contributed by atoms with van der Waals surface area (Å²) < 4.78 is 24.7. The second kappa shape index (κ2) is 9.12. The molecule has 1 unspecified atom stereocenters. The predicted octanol–water partition coefficient (Wildman–Crippen LogP) is 2.42. The maximum absolute atomic E-state index is 13.5. The fraction of sp³-hybridized carbons (Fsp3) is 0.435. The van der Waals surface area contributed by atoms with Crippen LogP contribution in [0.2, 0.25) is 0 Å². The summed E-state index contributed by atoms with van der Waals surface area (Å²) in [6.45, 7) is 3.19. The Morgan fingerprint density at radius 1 is 1.12 bits per heavy atom. The van der Waals surface area contributed by atoms with Gasteiger partial charge in [0.25, 0.3) is 11.8 Å². The van der Waals surface area contributed by atoms with Crippen molar-refractivity contribution >= 4 is 17.7 Å². The van der Waals surface area contributed by atoms with Crippen LogP contribution in [0.1, 0.15) is 47.1 Å². The summed E-state index contributed by atoms with van der Waals surface area (Å²) in [4.78, 5) is 42.1. The lowest BCUT2D eigenvalue weighted by molar-refractivity contribution is -0.128. The lowest BCUT2D eigenvalue weighted by Gasteiger charge is -2.44. The van der Waals surface area contributed by atoms with Crippen LogP contribution in [0.15, 0.2) is 47.1 Å². The molecule has 1 atom stereocenters. The lowest BCUT2D eigenvalue weighted by Crippen LogP contribution is -2.59. The maximum Gasteiger partial charge on any atom is 0.289 e. The molecule has 3 amide bonds. The Morgan fingerprint density at radius 2 is 1.84 bits per heavy atom. The van der Waals surface area contributed by atoms with E-state index in [-0.39, 0.29) is 29.7 Å². The average molecular weight is 443 g/mol. The van der Waals surface area contributed by atoms with Crippen LogP contribution in [0.25, 0.3) is 0 Å². The van der Waals surface area contributed by atoms with Gasteiger partial charge >= 0.3 is 0 Å². The van der Waals surface area contributed by atoms with Crippen molar-refractivity contribution in [1.29, 1.82) is 0 Å². The molecule has 0 radical (unpaired) electrons. The molecule has 1 N–H and O–H groups in total. The topological polar surface area (TPSA) is 92.1 Å². The number of rotatable bonds is 5.